The van der Waals surface area contributed by atoms with E-state index in [1.165, 1.54) is 18.2 Å². The van der Waals surface area contributed by atoms with Crippen molar-refractivity contribution in [3.63, 3.8) is 0 Å². The molecule has 128 valence electrons. The van der Waals surface area contributed by atoms with Crippen LogP contribution in [0.1, 0.15) is 30.2 Å². The zero-order valence-electron chi connectivity index (χ0n) is 13.1. The number of phenols is 3. The van der Waals surface area contributed by atoms with Gasteiger partial charge in [-0.05, 0) is 49.0 Å². The van der Waals surface area contributed by atoms with Crippen molar-refractivity contribution in [3.05, 3.63) is 53.6 Å². The van der Waals surface area contributed by atoms with Gasteiger partial charge < -0.3 is 31.1 Å². The molecule has 0 fully saturated rings. The second-order valence-electron chi connectivity index (χ2n) is 5.43. The molecule has 0 aromatic heterocycles. The zero-order chi connectivity index (χ0) is 17.7. The van der Waals surface area contributed by atoms with Crippen molar-refractivity contribution in [1.82, 2.24) is 10.6 Å². The number of benzene rings is 2. The summed E-state index contributed by atoms with van der Waals surface area (Å²) >= 11 is 5.19. The predicted octanol–water partition coefficient (Wildman–Crippen LogP) is 2.06. The van der Waals surface area contributed by atoms with Crippen LogP contribution in [0.3, 0.4) is 0 Å². The van der Waals surface area contributed by atoms with Gasteiger partial charge in [-0.25, -0.2) is 0 Å². The van der Waals surface area contributed by atoms with Gasteiger partial charge in [0.25, 0.3) is 0 Å². The van der Waals surface area contributed by atoms with E-state index in [1.807, 2.05) is 13.0 Å². The Bertz CT molecular complexity index is 723. The van der Waals surface area contributed by atoms with Gasteiger partial charge in [-0.1, -0.05) is 12.1 Å². The minimum absolute atomic E-state index is 0.0754. The standard InChI is InChI=1S/C17H20N2O4S/c1-10(11-3-2-4-12(20)7-11)19-17(24)18-9-16(23)14-6-5-13(21)8-15(14)22/h2-8,10,16,20-23H,9H2,1H3,(H2,18,19,24)/t10-,16?/m1/s1. The number of thiocarbonyl (C=S) groups is 1. The molecule has 0 spiro atoms. The summed E-state index contributed by atoms with van der Waals surface area (Å²) in [4.78, 5) is 0. The number of aliphatic hydroxyl groups excluding tert-OH is 1. The highest BCUT2D eigenvalue weighted by Crippen LogP contribution is 2.27. The number of nitrogens with one attached hydrogen (secondary N) is 2. The average molecular weight is 348 g/mol. The molecular formula is C17H20N2O4S. The van der Waals surface area contributed by atoms with Crippen LogP contribution in [0.25, 0.3) is 0 Å². The minimum Gasteiger partial charge on any atom is -0.508 e. The summed E-state index contributed by atoms with van der Waals surface area (Å²) < 4.78 is 0. The van der Waals surface area contributed by atoms with Crippen molar-refractivity contribution in [3.8, 4) is 17.2 Å². The molecular weight excluding hydrogens is 328 g/mol. The summed E-state index contributed by atoms with van der Waals surface area (Å²) in [6.07, 6.45) is -0.985. The molecule has 2 rings (SSSR count). The maximum Gasteiger partial charge on any atom is 0.166 e. The monoisotopic (exact) mass is 348 g/mol. The molecule has 0 heterocycles. The highest BCUT2D eigenvalue weighted by molar-refractivity contribution is 7.80. The van der Waals surface area contributed by atoms with E-state index in [4.69, 9.17) is 12.2 Å². The fraction of sp³-hybridized carbons (Fsp3) is 0.235. The quantitative estimate of drug-likeness (QED) is 0.460. The Hall–Kier alpha value is -2.51. The third kappa shape index (κ3) is 4.74. The van der Waals surface area contributed by atoms with Crippen LogP contribution in [0.4, 0.5) is 0 Å². The van der Waals surface area contributed by atoms with Gasteiger partial charge in [0.1, 0.15) is 17.2 Å². The number of hydrogen-bond donors (Lipinski definition) is 6. The van der Waals surface area contributed by atoms with Gasteiger partial charge in [-0.15, -0.1) is 0 Å². The first-order valence-electron chi connectivity index (χ1n) is 7.40. The number of hydrogen-bond acceptors (Lipinski definition) is 5. The molecule has 24 heavy (non-hydrogen) atoms. The minimum atomic E-state index is -0.985. The molecule has 0 aliphatic rings. The Balaban J connectivity index is 1.88. The number of aliphatic hydroxyl groups is 1. The maximum absolute atomic E-state index is 10.1. The van der Waals surface area contributed by atoms with Crippen molar-refractivity contribution in [2.45, 2.75) is 19.1 Å². The largest absolute Gasteiger partial charge is 0.508 e. The summed E-state index contributed by atoms with van der Waals surface area (Å²) in [5.74, 6) is -0.0805. The van der Waals surface area contributed by atoms with Gasteiger partial charge in [-0.2, -0.15) is 0 Å². The molecule has 1 unspecified atom stereocenters. The summed E-state index contributed by atoms with van der Waals surface area (Å²) in [6.45, 7) is 1.99. The Morgan fingerprint density at radius 3 is 2.46 bits per heavy atom. The van der Waals surface area contributed by atoms with Gasteiger partial charge in [-0.3, -0.25) is 0 Å². The summed E-state index contributed by atoms with van der Waals surface area (Å²) in [6, 6.07) is 10.7. The molecule has 2 aromatic rings. The molecule has 2 atom stereocenters. The lowest BCUT2D eigenvalue weighted by molar-refractivity contribution is 0.177. The molecule has 2 aromatic carbocycles. The fourth-order valence-electron chi connectivity index (χ4n) is 2.24. The Kier molecular flexibility index (Phi) is 5.83. The molecule has 0 radical (unpaired) electrons. The molecule has 7 heteroatoms. The van der Waals surface area contributed by atoms with Crippen LogP contribution in [0.5, 0.6) is 17.2 Å². The predicted molar refractivity (Wildman–Crippen MR) is 95.0 cm³/mol. The van der Waals surface area contributed by atoms with Gasteiger partial charge in [0.05, 0.1) is 12.1 Å². The van der Waals surface area contributed by atoms with E-state index < -0.39 is 6.10 Å². The van der Waals surface area contributed by atoms with E-state index in [9.17, 15) is 20.4 Å². The smallest absolute Gasteiger partial charge is 0.166 e. The average Bonchev–Trinajstić information content (AvgIpc) is 2.52. The topological polar surface area (TPSA) is 105 Å². The number of aromatic hydroxyl groups is 3. The van der Waals surface area contributed by atoms with Gasteiger partial charge >= 0.3 is 0 Å². The molecule has 0 amide bonds. The van der Waals surface area contributed by atoms with E-state index in [2.05, 4.69) is 10.6 Å². The van der Waals surface area contributed by atoms with Crippen LogP contribution in [-0.2, 0) is 0 Å². The SMILES string of the molecule is C[C@@H](NC(=S)NCC(O)c1ccc(O)cc1O)c1cccc(O)c1. The highest BCUT2D eigenvalue weighted by atomic mass is 32.1. The van der Waals surface area contributed by atoms with Gasteiger partial charge in [0.2, 0.25) is 0 Å². The van der Waals surface area contributed by atoms with Crippen molar-refractivity contribution >= 4 is 17.3 Å². The first-order chi connectivity index (χ1) is 11.4. The summed E-state index contributed by atoms with van der Waals surface area (Å²) in [5.41, 5.74) is 1.17. The molecule has 0 aliphatic carbocycles. The van der Waals surface area contributed by atoms with Gasteiger partial charge in [0.15, 0.2) is 5.11 Å². The summed E-state index contributed by atoms with van der Waals surface area (Å²) in [7, 11) is 0. The van der Waals surface area contributed by atoms with Crippen LogP contribution < -0.4 is 10.6 Å². The third-order valence-electron chi connectivity index (χ3n) is 3.55. The van der Waals surface area contributed by atoms with Crippen LogP contribution in [0.15, 0.2) is 42.5 Å². The molecule has 0 aliphatic heterocycles. The second-order valence-corrected chi connectivity index (χ2v) is 5.84. The van der Waals surface area contributed by atoms with E-state index in [-0.39, 0.29) is 29.8 Å². The Labute approximate surface area is 145 Å². The van der Waals surface area contributed by atoms with Crippen molar-refractivity contribution in [2.24, 2.45) is 0 Å². The fourth-order valence-corrected chi connectivity index (χ4v) is 2.50. The lowest BCUT2D eigenvalue weighted by atomic mass is 10.1. The first kappa shape index (κ1) is 17.8. The maximum atomic E-state index is 10.1. The first-order valence-corrected chi connectivity index (χ1v) is 7.81. The zero-order valence-corrected chi connectivity index (χ0v) is 13.9. The van der Waals surface area contributed by atoms with Crippen molar-refractivity contribution < 1.29 is 20.4 Å². The molecule has 0 bridgehead atoms. The van der Waals surface area contributed by atoms with E-state index in [1.54, 1.807) is 18.2 Å². The van der Waals surface area contributed by atoms with E-state index in [0.29, 0.717) is 10.7 Å². The molecule has 0 saturated carbocycles. The summed E-state index contributed by atoms with van der Waals surface area (Å²) in [5, 5.41) is 44.8. The number of rotatable bonds is 5. The van der Waals surface area contributed by atoms with Crippen LogP contribution >= 0.6 is 12.2 Å². The van der Waals surface area contributed by atoms with Crippen LogP contribution in [-0.4, -0.2) is 32.1 Å². The lowest BCUT2D eigenvalue weighted by Gasteiger charge is -2.19. The van der Waals surface area contributed by atoms with Crippen LogP contribution in [0.2, 0.25) is 0 Å². The van der Waals surface area contributed by atoms with Crippen LogP contribution in [0, 0.1) is 0 Å². The highest BCUT2D eigenvalue weighted by Gasteiger charge is 2.14. The van der Waals surface area contributed by atoms with Gasteiger partial charge in [0, 0.05) is 18.2 Å². The molecule has 0 saturated heterocycles. The molecule has 6 nitrogen and oxygen atoms in total. The third-order valence-corrected chi connectivity index (χ3v) is 3.81. The second kappa shape index (κ2) is 7.85. The molecule has 6 N–H and O–H groups in total. The van der Waals surface area contributed by atoms with Crippen molar-refractivity contribution in [2.75, 3.05) is 6.54 Å². The Morgan fingerprint density at radius 1 is 1.08 bits per heavy atom. The Morgan fingerprint density at radius 2 is 1.79 bits per heavy atom. The lowest BCUT2D eigenvalue weighted by Crippen LogP contribution is -2.38. The van der Waals surface area contributed by atoms with Crippen molar-refractivity contribution in [1.29, 1.82) is 0 Å². The van der Waals surface area contributed by atoms with E-state index in [0.717, 1.165) is 5.56 Å². The number of phenolic OH excluding ortho intramolecular Hbond substituents is 3. The van der Waals surface area contributed by atoms with E-state index >= 15 is 0 Å². The normalized spacial score (nSPS) is 13.1.